The van der Waals surface area contributed by atoms with Crippen LogP contribution in [0.2, 0.25) is 0 Å². The number of rotatable bonds is 44. The molecule has 0 N–H and O–H groups in total. The molecular weight excluding hydrogens is 683 g/mol. The van der Waals surface area contributed by atoms with Gasteiger partial charge in [0.15, 0.2) is 0 Å². The maximum atomic E-state index is 13.0. The van der Waals surface area contributed by atoms with Crippen LogP contribution in [0.15, 0.2) is 0 Å². The van der Waals surface area contributed by atoms with Gasteiger partial charge < -0.3 is 14.2 Å². The zero-order valence-electron chi connectivity index (χ0n) is 38.1. The highest BCUT2D eigenvalue weighted by Crippen LogP contribution is 2.22. The highest BCUT2D eigenvalue weighted by molar-refractivity contribution is 5.72. The van der Waals surface area contributed by atoms with Gasteiger partial charge in [0, 0.05) is 13.2 Å². The number of unbranched alkanes of at least 4 members (excludes halogenated alkanes) is 22. The number of esters is 2. The Morgan fingerprint density at radius 2 is 0.727 bits per heavy atom. The van der Waals surface area contributed by atoms with E-state index in [9.17, 15) is 9.59 Å². The first-order chi connectivity index (χ1) is 27.0. The first-order valence-corrected chi connectivity index (χ1v) is 24.5. The van der Waals surface area contributed by atoms with Gasteiger partial charge in [0.1, 0.15) is 0 Å². The lowest BCUT2D eigenvalue weighted by molar-refractivity contribution is -0.150. The van der Waals surface area contributed by atoms with Crippen LogP contribution >= 0.6 is 0 Å². The smallest absolute Gasteiger partial charge is 0.308 e. The van der Waals surface area contributed by atoms with Gasteiger partial charge in [0.25, 0.3) is 0 Å². The van der Waals surface area contributed by atoms with Crippen molar-refractivity contribution in [2.24, 2.45) is 11.8 Å². The summed E-state index contributed by atoms with van der Waals surface area (Å²) in [6.07, 6.45) is 38.9. The highest BCUT2D eigenvalue weighted by Gasteiger charge is 2.21. The fourth-order valence-electron chi connectivity index (χ4n) is 8.01. The second kappa shape index (κ2) is 42.5. The summed E-state index contributed by atoms with van der Waals surface area (Å²) in [6, 6.07) is 0.453. The molecule has 0 spiro atoms. The number of methoxy groups -OCH3 is 1. The lowest BCUT2D eigenvalue weighted by atomic mass is 9.94. The van der Waals surface area contributed by atoms with Crippen LogP contribution in [-0.2, 0) is 23.8 Å². The SMILES string of the molecule is CCCCCCCCC(CCCCCC)C(=O)OCCCCCCN(CCCCCCOC(=O)C(CCCCCC)CCCCCCCC)C(CC)COC. The summed E-state index contributed by atoms with van der Waals surface area (Å²) in [7, 11) is 1.82. The third-order valence-electron chi connectivity index (χ3n) is 11.8. The lowest BCUT2D eigenvalue weighted by Crippen LogP contribution is -2.39. The molecule has 0 fully saturated rings. The first-order valence-electron chi connectivity index (χ1n) is 24.5. The molecule has 0 aromatic heterocycles. The van der Waals surface area contributed by atoms with Crippen molar-refractivity contribution < 1.29 is 23.8 Å². The van der Waals surface area contributed by atoms with Gasteiger partial charge in [-0.05, 0) is 70.9 Å². The average Bonchev–Trinajstić information content (AvgIpc) is 3.19. The molecule has 0 rings (SSSR count). The molecule has 0 aliphatic rings. The number of hydrogen-bond donors (Lipinski definition) is 0. The average molecular weight is 780 g/mol. The maximum absolute atomic E-state index is 13.0. The van der Waals surface area contributed by atoms with Crippen molar-refractivity contribution in [1.82, 2.24) is 4.90 Å². The van der Waals surface area contributed by atoms with Gasteiger partial charge in [-0.25, -0.2) is 0 Å². The molecule has 0 saturated heterocycles. The lowest BCUT2D eigenvalue weighted by Gasteiger charge is -2.30. The monoisotopic (exact) mass is 780 g/mol. The van der Waals surface area contributed by atoms with Crippen LogP contribution in [0.3, 0.4) is 0 Å². The van der Waals surface area contributed by atoms with Crippen LogP contribution in [0.4, 0.5) is 0 Å². The van der Waals surface area contributed by atoms with E-state index in [4.69, 9.17) is 14.2 Å². The molecule has 0 saturated carbocycles. The summed E-state index contributed by atoms with van der Waals surface area (Å²) >= 11 is 0. The van der Waals surface area contributed by atoms with Crippen molar-refractivity contribution in [1.29, 1.82) is 0 Å². The number of ether oxygens (including phenoxy) is 3. The Morgan fingerprint density at radius 1 is 0.418 bits per heavy atom. The van der Waals surface area contributed by atoms with Crippen LogP contribution in [-0.4, -0.2) is 62.9 Å². The van der Waals surface area contributed by atoms with E-state index in [-0.39, 0.29) is 23.8 Å². The second-order valence-corrected chi connectivity index (χ2v) is 16.9. The topological polar surface area (TPSA) is 65.1 Å². The molecule has 0 aliphatic carbocycles. The van der Waals surface area contributed by atoms with Crippen LogP contribution in [0.1, 0.15) is 247 Å². The minimum absolute atomic E-state index is 0.0604. The van der Waals surface area contributed by atoms with E-state index in [1.807, 2.05) is 7.11 Å². The quantitative estimate of drug-likeness (QED) is 0.0453. The summed E-state index contributed by atoms with van der Waals surface area (Å²) in [5, 5.41) is 0. The number of nitrogens with zero attached hydrogens (tertiary/aromatic N) is 1. The Morgan fingerprint density at radius 3 is 1.07 bits per heavy atom. The molecule has 0 heterocycles. The van der Waals surface area contributed by atoms with Gasteiger partial charge in [-0.15, -0.1) is 0 Å². The van der Waals surface area contributed by atoms with Gasteiger partial charge in [-0.3, -0.25) is 14.5 Å². The van der Waals surface area contributed by atoms with E-state index in [0.29, 0.717) is 19.3 Å². The van der Waals surface area contributed by atoms with E-state index >= 15 is 0 Å². The Bertz CT molecular complexity index is 748. The minimum Gasteiger partial charge on any atom is -0.465 e. The van der Waals surface area contributed by atoms with Crippen molar-refractivity contribution in [2.45, 2.75) is 253 Å². The van der Waals surface area contributed by atoms with Crippen molar-refractivity contribution in [2.75, 3.05) is 40.0 Å². The molecule has 6 nitrogen and oxygen atoms in total. The summed E-state index contributed by atoms with van der Waals surface area (Å²) in [6.45, 7) is 15.4. The molecule has 3 unspecified atom stereocenters. The minimum atomic E-state index is 0.0604. The third-order valence-corrected chi connectivity index (χ3v) is 11.8. The van der Waals surface area contributed by atoms with Crippen LogP contribution < -0.4 is 0 Å². The Balaban J connectivity index is 4.50. The van der Waals surface area contributed by atoms with Crippen LogP contribution in [0, 0.1) is 11.8 Å². The largest absolute Gasteiger partial charge is 0.465 e. The summed E-state index contributed by atoms with van der Waals surface area (Å²) < 4.78 is 17.3. The Labute approximate surface area is 344 Å². The molecular formula is C49H97NO5. The van der Waals surface area contributed by atoms with Gasteiger partial charge in [-0.1, -0.05) is 189 Å². The number of carbonyl (C=O) groups is 2. The predicted molar refractivity (Wildman–Crippen MR) is 237 cm³/mol. The molecule has 6 heteroatoms. The van der Waals surface area contributed by atoms with Crippen molar-refractivity contribution >= 4 is 11.9 Å². The molecule has 0 amide bonds. The Kier molecular flexibility index (Phi) is 41.6. The van der Waals surface area contributed by atoms with E-state index in [2.05, 4.69) is 39.5 Å². The molecule has 0 aliphatic heterocycles. The summed E-state index contributed by atoms with van der Waals surface area (Å²) in [5.74, 6) is 0.307. The normalized spacial score (nSPS) is 13.3. The van der Waals surface area contributed by atoms with Crippen molar-refractivity contribution in [3.8, 4) is 0 Å². The summed E-state index contributed by atoms with van der Waals surface area (Å²) in [5.41, 5.74) is 0. The van der Waals surface area contributed by atoms with Crippen molar-refractivity contribution in [3.63, 3.8) is 0 Å². The molecule has 0 aromatic carbocycles. The highest BCUT2D eigenvalue weighted by atomic mass is 16.5. The molecule has 0 radical (unpaired) electrons. The van der Waals surface area contributed by atoms with Gasteiger partial charge in [0.2, 0.25) is 0 Å². The molecule has 0 aromatic rings. The standard InChI is InChI=1S/C49H97NO5/c1-7-12-16-20-22-30-38-45(36-28-18-14-9-3)48(51)54-42-34-26-24-32-40-50(47(11-5)44-53-6)41-33-25-27-35-43-55-49(52)46(37-29-19-15-10-4)39-31-23-21-17-13-8-2/h45-47H,7-44H2,1-6H3. The van der Waals surface area contributed by atoms with E-state index in [1.54, 1.807) is 0 Å². The molecule has 0 bridgehead atoms. The van der Waals surface area contributed by atoms with E-state index in [0.717, 1.165) is 103 Å². The van der Waals surface area contributed by atoms with E-state index < -0.39 is 0 Å². The second-order valence-electron chi connectivity index (χ2n) is 16.9. The zero-order valence-corrected chi connectivity index (χ0v) is 38.1. The Hall–Kier alpha value is -1.14. The molecule has 55 heavy (non-hydrogen) atoms. The molecule has 328 valence electrons. The number of hydrogen-bond acceptors (Lipinski definition) is 6. The van der Waals surface area contributed by atoms with Crippen LogP contribution in [0.5, 0.6) is 0 Å². The fraction of sp³-hybridized carbons (Fsp3) is 0.959. The predicted octanol–water partition coefficient (Wildman–Crippen LogP) is 14.6. The zero-order chi connectivity index (χ0) is 40.5. The third kappa shape index (κ3) is 33.5. The molecule has 3 atom stereocenters. The van der Waals surface area contributed by atoms with Crippen molar-refractivity contribution in [3.05, 3.63) is 0 Å². The fourth-order valence-corrected chi connectivity index (χ4v) is 8.01. The maximum Gasteiger partial charge on any atom is 0.308 e. The van der Waals surface area contributed by atoms with Gasteiger partial charge in [-0.2, -0.15) is 0 Å². The van der Waals surface area contributed by atoms with E-state index in [1.165, 1.54) is 128 Å². The van der Waals surface area contributed by atoms with Gasteiger partial charge >= 0.3 is 11.9 Å². The van der Waals surface area contributed by atoms with Gasteiger partial charge in [0.05, 0.1) is 31.7 Å². The van der Waals surface area contributed by atoms with Crippen LogP contribution in [0.25, 0.3) is 0 Å². The number of carbonyl (C=O) groups excluding carboxylic acids is 2. The first kappa shape index (κ1) is 53.9. The summed E-state index contributed by atoms with van der Waals surface area (Å²) in [4.78, 5) is 28.7.